The lowest BCUT2D eigenvalue weighted by atomic mass is 9.93. The van der Waals surface area contributed by atoms with E-state index < -0.39 is 53.0 Å². The van der Waals surface area contributed by atoms with E-state index >= 15 is 0 Å². The SMILES string of the molecule is Cc1ccn(-c2ccc(C(=O)N3CC(c4ccc(F)cc4)C(N(C)C(=O)N(C)c4cc(C(F)(F)F)cc(C(F)(F)F)c4)C3)cc2)n1. The molecule has 0 aliphatic carbocycles. The van der Waals surface area contributed by atoms with Crippen LogP contribution in [-0.2, 0) is 12.4 Å². The maximum absolute atomic E-state index is 13.8. The van der Waals surface area contributed by atoms with Gasteiger partial charge in [0.1, 0.15) is 5.82 Å². The first-order valence-electron chi connectivity index (χ1n) is 14.0. The highest BCUT2D eigenvalue weighted by molar-refractivity contribution is 5.95. The Bertz CT molecular complexity index is 1700. The molecule has 2 unspecified atom stereocenters. The van der Waals surface area contributed by atoms with Gasteiger partial charge >= 0.3 is 18.4 Å². The molecule has 1 aromatic heterocycles. The molecular formula is C32H28F7N5O2. The largest absolute Gasteiger partial charge is 0.416 e. The number of urea groups is 1. The van der Waals surface area contributed by atoms with Crippen molar-refractivity contribution in [2.45, 2.75) is 31.2 Å². The number of nitrogens with zero attached hydrogens (tertiary/aromatic N) is 5. The van der Waals surface area contributed by atoms with Gasteiger partial charge in [0, 0.05) is 50.6 Å². The molecule has 2 heterocycles. The molecule has 0 radical (unpaired) electrons. The van der Waals surface area contributed by atoms with Gasteiger partial charge in [0.2, 0.25) is 0 Å². The number of halogens is 7. The van der Waals surface area contributed by atoms with Crippen molar-refractivity contribution in [3.63, 3.8) is 0 Å². The van der Waals surface area contributed by atoms with Crippen LogP contribution in [0.4, 0.5) is 41.2 Å². The zero-order chi connectivity index (χ0) is 33.6. The standard InChI is InChI=1S/C32H28F7N5O2/c1-19-12-13-44(40-19)25-10-6-21(7-11-25)29(45)43-17-27(20-4-8-24(33)9-5-20)28(18-43)42(3)30(46)41(2)26-15-22(31(34,35)36)14-23(16-26)32(37,38)39/h4-16,27-28H,17-18H2,1-3H3. The van der Waals surface area contributed by atoms with E-state index in [4.69, 9.17) is 0 Å². The third-order valence-corrected chi connectivity index (χ3v) is 8.02. The number of carbonyl (C=O) groups excluding carboxylic acids is 2. The number of amides is 3. The van der Waals surface area contributed by atoms with Crippen molar-refractivity contribution < 1.29 is 40.3 Å². The third-order valence-electron chi connectivity index (χ3n) is 8.02. The summed E-state index contributed by atoms with van der Waals surface area (Å²) in [6.45, 7) is 1.94. The predicted molar refractivity (Wildman–Crippen MR) is 155 cm³/mol. The lowest BCUT2D eigenvalue weighted by Gasteiger charge is -2.33. The van der Waals surface area contributed by atoms with Gasteiger partial charge in [-0.3, -0.25) is 9.69 Å². The Kier molecular flexibility index (Phi) is 8.58. The number of anilines is 1. The minimum absolute atomic E-state index is 0.00650. The highest BCUT2D eigenvalue weighted by atomic mass is 19.4. The summed E-state index contributed by atoms with van der Waals surface area (Å²) in [6, 6.07) is 13.2. The zero-order valence-electron chi connectivity index (χ0n) is 24.8. The van der Waals surface area contributed by atoms with Crippen LogP contribution in [0.5, 0.6) is 0 Å². The Hall–Kier alpha value is -4.88. The average molecular weight is 648 g/mol. The topological polar surface area (TPSA) is 61.7 Å². The number of hydrogen-bond donors (Lipinski definition) is 0. The molecule has 7 nitrogen and oxygen atoms in total. The Balaban J connectivity index is 1.43. The van der Waals surface area contributed by atoms with Crippen LogP contribution in [0.3, 0.4) is 0 Å². The second-order valence-corrected chi connectivity index (χ2v) is 11.1. The van der Waals surface area contributed by atoms with Crippen LogP contribution >= 0.6 is 0 Å². The molecule has 0 spiro atoms. The molecule has 3 aromatic carbocycles. The molecule has 14 heteroatoms. The first-order chi connectivity index (χ1) is 21.5. The van der Waals surface area contributed by atoms with E-state index in [1.807, 2.05) is 13.0 Å². The van der Waals surface area contributed by atoms with Gasteiger partial charge in [0.05, 0.1) is 28.6 Å². The van der Waals surface area contributed by atoms with Gasteiger partial charge in [-0.05, 0) is 73.2 Å². The van der Waals surface area contributed by atoms with Crippen molar-refractivity contribution in [1.29, 1.82) is 0 Å². The van der Waals surface area contributed by atoms with Crippen molar-refractivity contribution in [3.8, 4) is 5.69 Å². The van der Waals surface area contributed by atoms with Crippen molar-refractivity contribution in [2.75, 3.05) is 32.1 Å². The van der Waals surface area contributed by atoms with Gasteiger partial charge in [-0.2, -0.15) is 31.4 Å². The van der Waals surface area contributed by atoms with Crippen LogP contribution < -0.4 is 4.90 Å². The molecule has 2 atom stereocenters. The fourth-order valence-corrected chi connectivity index (χ4v) is 5.50. The second kappa shape index (κ2) is 12.1. The Morgan fingerprint density at radius 3 is 1.93 bits per heavy atom. The molecule has 46 heavy (non-hydrogen) atoms. The number of rotatable bonds is 5. The minimum atomic E-state index is -5.10. The van der Waals surface area contributed by atoms with E-state index in [9.17, 15) is 40.3 Å². The predicted octanol–water partition coefficient (Wildman–Crippen LogP) is 7.15. The first-order valence-corrected chi connectivity index (χ1v) is 14.0. The Morgan fingerprint density at radius 2 is 1.41 bits per heavy atom. The molecule has 1 aliphatic heterocycles. The summed E-state index contributed by atoms with van der Waals surface area (Å²) in [5.74, 6) is -1.42. The van der Waals surface area contributed by atoms with Gasteiger partial charge in [0.15, 0.2) is 0 Å². The summed E-state index contributed by atoms with van der Waals surface area (Å²) in [5, 5.41) is 4.34. The van der Waals surface area contributed by atoms with Crippen LogP contribution in [-0.4, -0.2) is 64.7 Å². The number of likely N-dealkylation sites (N-methyl/N-ethyl adjacent to an activating group) is 1. The molecular weight excluding hydrogens is 619 g/mol. The number of aromatic nitrogens is 2. The molecule has 1 aliphatic rings. The molecule has 0 bridgehead atoms. The third kappa shape index (κ3) is 6.70. The van der Waals surface area contributed by atoms with Crippen LogP contribution in [0, 0.1) is 12.7 Å². The highest BCUT2D eigenvalue weighted by Crippen LogP contribution is 2.39. The summed E-state index contributed by atoms with van der Waals surface area (Å²) in [5.41, 5.74) is -1.26. The molecule has 1 fully saturated rings. The van der Waals surface area contributed by atoms with Crippen molar-refractivity contribution in [3.05, 3.63) is 113 Å². The smallest absolute Gasteiger partial charge is 0.336 e. The van der Waals surface area contributed by atoms with Crippen molar-refractivity contribution in [2.24, 2.45) is 0 Å². The number of carbonyl (C=O) groups is 2. The maximum atomic E-state index is 13.8. The Morgan fingerprint density at radius 1 is 0.826 bits per heavy atom. The fraction of sp³-hybridized carbons (Fsp3) is 0.281. The van der Waals surface area contributed by atoms with Gasteiger partial charge < -0.3 is 9.80 Å². The summed E-state index contributed by atoms with van der Waals surface area (Å²) >= 11 is 0. The number of alkyl halides is 6. The molecule has 3 amide bonds. The molecule has 0 saturated carbocycles. The van der Waals surface area contributed by atoms with Crippen LogP contribution in [0.2, 0.25) is 0 Å². The lowest BCUT2D eigenvalue weighted by Crippen LogP contribution is -2.47. The molecule has 1 saturated heterocycles. The highest BCUT2D eigenvalue weighted by Gasteiger charge is 2.42. The average Bonchev–Trinajstić information content (AvgIpc) is 3.66. The van der Waals surface area contributed by atoms with Crippen LogP contribution in [0.25, 0.3) is 5.69 Å². The minimum Gasteiger partial charge on any atom is -0.336 e. The lowest BCUT2D eigenvalue weighted by molar-refractivity contribution is -0.143. The number of benzene rings is 3. The molecule has 0 N–H and O–H groups in total. The fourth-order valence-electron chi connectivity index (χ4n) is 5.50. The molecule has 242 valence electrons. The normalized spacial score (nSPS) is 16.9. The number of aryl methyl sites for hydroxylation is 1. The number of likely N-dealkylation sites (tertiary alicyclic amines) is 1. The zero-order valence-corrected chi connectivity index (χ0v) is 24.8. The summed E-state index contributed by atoms with van der Waals surface area (Å²) < 4.78 is 96.4. The summed E-state index contributed by atoms with van der Waals surface area (Å²) in [4.78, 5) is 30.6. The van der Waals surface area contributed by atoms with E-state index in [2.05, 4.69) is 5.10 Å². The molecule has 5 rings (SSSR count). The van der Waals surface area contributed by atoms with E-state index in [-0.39, 0.29) is 25.1 Å². The summed E-state index contributed by atoms with van der Waals surface area (Å²) in [7, 11) is 2.43. The van der Waals surface area contributed by atoms with Crippen molar-refractivity contribution >= 4 is 17.6 Å². The first kappa shape index (κ1) is 32.5. The summed E-state index contributed by atoms with van der Waals surface area (Å²) in [6.07, 6.45) is -8.42. The van der Waals surface area contributed by atoms with Gasteiger partial charge in [-0.25, -0.2) is 13.9 Å². The molecule has 4 aromatic rings. The van der Waals surface area contributed by atoms with E-state index in [0.717, 1.165) is 18.4 Å². The quantitative estimate of drug-likeness (QED) is 0.216. The monoisotopic (exact) mass is 647 g/mol. The number of hydrogen-bond acceptors (Lipinski definition) is 3. The van der Waals surface area contributed by atoms with Crippen LogP contribution in [0.1, 0.15) is 38.7 Å². The maximum Gasteiger partial charge on any atom is 0.416 e. The van der Waals surface area contributed by atoms with Gasteiger partial charge in [0.25, 0.3) is 5.91 Å². The van der Waals surface area contributed by atoms with Crippen molar-refractivity contribution in [1.82, 2.24) is 19.6 Å². The van der Waals surface area contributed by atoms with Crippen LogP contribution in [0.15, 0.2) is 79.0 Å². The van der Waals surface area contributed by atoms with Gasteiger partial charge in [-0.15, -0.1) is 0 Å². The second-order valence-electron chi connectivity index (χ2n) is 11.1. The Labute approximate surface area is 259 Å². The van der Waals surface area contributed by atoms with Gasteiger partial charge in [-0.1, -0.05) is 12.1 Å². The van der Waals surface area contributed by atoms with E-state index in [1.54, 1.807) is 35.1 Å². The van der Waals surface area contributed by atoms with E-state index in [1.165, 1.54) is 41.1 Å². The van der Waals surface area contributed by atoms with E-state index in [0.29, 0.717) is 28.2 Å².